The van der Waals surface area contributed by atoms with Gasteiger partial charge in [-0.2, -0.15) is 0 Å². The lowest BCUT2D eigenvalue weighted by atomic mass is 10.1. The molecule has 16 heavy (non-hydrogen) atoms. The number of aliphatic hydroxyl groups is 1. The van der Waals surface area contributed by atoms with Gasteiger partial charge in [-0.25, -0.2) is 0 Å². The van der Waals surface area contributed by atoms with E-state index < -0.39 is 0 Å². The molecule has 0 saturated carbocycles. The first-order valence-corrected chi connectivity index (χ1v) is 6.15. The van der Waals surface area contributed by atoms with Crippen LogP contribution in [0.3, 0.4) is 0 Å². The molecule has 1 aliphatic heterocycles. The van der Waals surface area contributed by atoms with Gasteiger partial charge in [-0.05, 0) is 38.1 Å². The summed E-state index contributed by atoms with van der Waals surface area (Å²) in [7, 11) is 0. The van der Waals surface area contributed by atoms with Gasteiger partial charge in [0.1, 0.15) is 0 Å². The number of hydrogen-bond donors (Lipinski definition) is 1. The number of pyridine rings is 1. The quantitative estimate of drug-likeness (QED) is 0.834. The predicted molar refractivity (Wildman–Crippen MR) is 64.2 cm³/mol. The fraction of sp³-hybridized carbons (Fsp3) is 0.615. The van der Waals surface area contributed by atoms with Crippen LogP contribution in [-0.2, 0) is 6.42 Å². The molecule has 0 amide bonds. The molecule has 0 radical (unpaired) electrons. The summed E-state index contributed by atoms with van der Waals surface area (Å²) in [5.41, 5.74) is 0.979. The van der Waals surface area contributed by atoms with Crippen LogP contribution in [0.15, 0.2) is 24.4 Å². The van der Waals surface area contributed by atoms with Gasteiger partial charge in [-0.15, -0.1) is 0 Å². The van der Waals surface area contributed by atoms with E-state index in [9.17, 15) is 5.11 Å². The molecular formula is C13H20N2O. The molecule has 1 N–H and O–H groups in total. The van der Waals surface area contributed by atoms with Crippen molar-refractivity contribution in [3.05, 3.63) is 30.1 Å². The van der Waals surface area contributed by atoms with Gasteiger partial charge in [0.15, 0.2) is 0 Å². The van der Waals surface area contributed by atoms with Crippen molar-refractivity contribution >= 4 is 0 Å². The van der Waals surface area contributed by atoms with Gasteiger partial charge in [-0.3, -0.25) is 4.98 Å². The first kappa shape index (κ1) is 11.6. The van der Waals surface area contributed by atoms with E-state index in [2.05, 4.69) is 9.88 Å². The Labute approximate surface area is 97.1 Å². The number of β-amino-alcohol motifs (C(OH)–C–C–N with tert-alkyl or cyclic N) is 1. The second-order valence-corrected chi connectivity index (χ2v) is 4.54. The Morgan fingerprint density at radius 3 is 2.75 bits per heavy atom. The van der Waals surface area contributed by atoms with E-state index in [1.165, 1.54) is 19.3 Å². The molecule has 0 aromatic carbocycles. The van der Waals surface area contributed by atoms with Gasteiger partial charge in [0.25, 0.3) is 0 Å². The summed E-state index contributed by atoms with van der Waals surface area (Å²) in [6.07, 6.45) is 6.05. The van der Waals surface area contributed by atoms with Crippen molar-refractivity contribution in [2.75, 3.05) is 19.6 Å². The minimum Gasteiger partial charge on any atom is -0.391 e. The van der Waals surface area contributed by atoms with Crippen molar-refractivity contribution < 1.29 is 5.11 Å². The molecule has 88 valence electrons. The second kappa shape index (κ2) is 5.97. The van der Waals surface area contributed by atoms with Crippen LogP contribution in [0, 0.1) is 0 Å². The number of likely N-dealkylation sites (tertiary alicyclic amines) is 1. The van der Waals surface area contributed by atoms with E-state index >= 15 is 0 Å². The molecule has 0 aliphatic carbocycles. The monoisotopic (exact) mass is 220 g/mol. The maximum atomic E-state index is 9.97. The van der Waals surface area contributed by atoms with Gasteiger partial charge in [0, 0.05) is 24.9 Å². The van der Waals surface area contributed by atoms with Gasteiger partial charge in [0.2, 0.25) is 0 Å². The molecular weight excluding hydrogens is 200 g/mol. The van der Waals surface area contributed by atoms with E-state index in [0.29, 0.717) is 6.42 Å². The molecule has 1 unspecified atom stereocenters. The fourth-order valence-corrected chi connectivity index (χ4v) is 2.26. The third-order valence-corrected chi connectivity index (χ3v) is 3.09. The highest BCUT2D eigenvalue weighted by Gasteiger charge is 2.14. The lowest BCUT2D eigenvalue weighted by Gasteiger charge is -2.28. The number of aromatic nitrogens is 1. The summed E-state index contributed by atoms with van der Waals surface area (Å²) < 4.78 is 0. The van der Waals surface area contributed by atoms with E-state index in [-0.39, 0.29) is 6.10 Å². The zero-order valence-electron chi connectivity index (χ0n) is 9.68. The van der Waals surface area contributed by atoms with Crippen LogP contribution in [0.2, 0.25) is 0 Å². The zero-order chi connectivity index (χ0) is 11.2. The minimum absolute atomic E-state index is 0.284. The van der Waals surface area contributed by atoms with Crippen LogP contribution in [0.5, 0.6) is 0 Å². The molecule has 1 fully saturated rings. The molecule has 1 aliphatic rings. The maximum absolute atomic E-state index is 9.97. The van der Waals surface area contributed by atoms with Crippen molar-refractivity contribution in [1.82, 2.24) is 9.88 Å². The predicted octanol–water partition coefficient (Wildman–Crippen LogP) is 1.47. The third kappa shape index (κ3) is 3.58. The molecule has 0 spiro atoms. The number of hydrogen-bond acceptors (Lipinski definition) is 3. The van der Waals surface area contributed by atoms with Gasteiger partial charge < -0.3 is 10.0 Å². The Morgan fingerprint density at radius 2 is 2.06 bits per heavy atom. The Balaban J connectivity index is 1.77. The fourth-order valence-electron chi connectivity index (χ4n) is 2.26. The zero-order valence-corrected chi connectivity index (χ0v) is 9.68. The Kier molecular flexibility index (Phi) is 4.31. The number of piperidine rings is 1. The van der Waals surface area contributed by atoms with Crippen LogP contribution in [0.4, 0.5) is 0 Å². The molecule has 3 heteroatoms. The van der Waals surface area contributed by atoms with E-state index in [1.807, 2.05) is 18.2 Å². The van der Waals surface area contributed by atoms with E-state index in [1.54, 1.807) is 6.20 Å². The normalized spacial score (nSPS) is 19.6. The standard InChI is InChI=1S/C13H20N2O/c16-13(10-12-6-2-3-7-14-12)11-15-8-4-1-5-9-15/h2-3,6-7,13,16H,1,4-5,8-11H2. The average Bonchev–Trinajstić information content (AvgIpc) is 2.31. The Morgan fingerprint density at radius 1 is 1.25 bits per heavy atom. The first-order valence-electron chi connectivity index (χ1n) is 6.15. The smallest absolute Gasteiger partial charge is 0.0722 e. The summed E-state index contributed by atoms with van der Waals surface area (Å²) in [4.78, 5) is 6.59. The van der Waals surface area contributed by atoms with Crippen LogP contribution in [0.25, 0.3) is 0 Å². The number of aliphatic hydroxyl groups excluding tert-OH is 1. The maximum Gasteiger partial charge on any atom is 0.0722 e. The molecule has 1 aromatic heterocycles. The van der Waals surface area contributed by atoms with Crippen LogP contribution >= 0.6 is 0 Å². The van der Waals surface area contributed by atoms with Crippen molar-refractivity contribution in [1.29, 1.82) is 0 Å². The van der Waals surface area contributed by atoms with Crippen LogP contribution in [-0.4, -0.2) is 40.7 Å². The highest BCUT2D eigenvalue weighted by Crippen LogP contribution is 2.10. The van der Waals surface area contributed by atoms with Crippen molar-refractivity contribution in [3.63, 3.8) is 0 Å². The van der Waals surface area contributed by atoms with Gasteiger partial charge in [-0.1, -0.05) is 12.5 Å². The SMILES string of the molecule is OC(Cc1ccccn1)CN1CCCCC1. The van der Waals surface area contributed by atoms with Crippen molar-refractivity contribution in [2.24, 2.45) is 0 Å². The number of rotatable bonds is 4. The summed E-state index contributed by atoms with van der Waals surface area (Å²) in [6, 6.07) is 5.84. The number of nitrogens with zero attached hydrogens (tertiary/aromatic N) is 2. The molecule has 3 nitrogen and oxygen atoms in total. The minimum atomic E-state index is -0.284. The largest absolute Gasteiger partial charge is 0.391 e. The van der Waals surface area contributed by atoms with Crippen molar-refractivity contribution in [2.45, 2.75) is 31.8 Å². The average molecular weight is 220 g/mol. The molecule has 0 bridgehead atoms. The van der Waals surface area contributed by atoms with Crippen LogP contribution in [0.1, 0.15) is 25.0 Å². The van der Waals surface area contributed by atoms with Gasteiger partial charge in [0.05, 0.1) is 6.10 Å². The summed E-state index contributed by atoms with van der Waals surface area (Å²) in [5.74, 6) is 0. The molecule has 2 rings (SSSR count). The highest BCUT2D eigenvalue weighted by atomic mass is 16.3. The highest BCUT2D eigenvalue weighted by molar-refractivity contribution is 5.04. The van der Waals surface area contributed by atoms with Crippen LogP contribution < -0.4 is 0 Å². The van der Waals surface area contributed by atoms with E-state index in [4.69, 9.17) is 0 Å². The lowest BCUT2D eigenvalue weighted by Crippen LogP contribution is -2.37. The summed E-state index contributed by atoms with van der Waals surface area (Å²) >= 11 is 0. The lowest BCUT2D eigenvalue weighted by molar-refractivity contribution is 0.101. The van der Waals surface area contributed by atoms with E-state index in [0.717, 1.165) is 25.3 Å². The Bertz CT molecular complexity index is 296. The third-order valence-electron chi connectivity index (χ3n) is 3.09. The summed E-state index contributed by atoms with van der Waals surface area (Å²) in [5, 5.41) is 9.97. The second-order valence-electron chi connectivity index (χ2n) is 4.54. The topological polar surface area (TPSA) is 36.4 Å². The molecule has 1 atom stereocenters. The Hall–Kier alpha value is -0.930. The first-order chi connectivity index (χ1) is 7.84. The van der Waals surface area contributed by atoms with Gasteiger partial charge >= 0.3 is 0 Å². The molecule has 2 heterocycles. The van der Waals surface area contributed by atoms with Crippen molar-refractivity contribution in [3.8, 4) is 0 Å². The summed E-state index contributed by atoms with van der Waals surface area (Å²) in [6.45, 7) is 3.06. The molecule has 1 aromatic rings. The molecule has 1 saturated heterocycles.